The van der Waals surface area contributed by atoms with E-state index in [1.54, 1.807) is 0 Å². The van der Waals surface area contributed by atoms with Crippen LogP contribution in [0.1, 0.15) is 140 Å². The Morgan fingerprint density at radius 2 is 1.43 bits per heavy atom. The van der Waals surface area contributed by atoms with Crippen LogP contribution in [0.25, 0.3) is 11.1 Å². The second-order valence-electron chi connectivity index (χ2n) is 14.0. The highest BCUT2D eigenvalue weighted by Gasteiger charge is 2.35. The van der Waals surface area contributed by atoms with E-state index in [2.05, 4.69) is 32.0 Å². The van der Waals surface area contributed by atoms with Gasteiger partial charge in [-0.05, 0) is 109 Å². The van der Waals surface area contributed by atoms with Gasteiger partial charge < -0.3 is 0 Å². The second-order valence-corrected chi connectivity index (χ2v) is 14.0. The Kier molecular flexibility index (Phi) is 10.4. The summed E-state index contributed by atoms with van der Waals surface area (Å²) in [6, 6.07) is 10.5. The fourth-order valence-corrected chi connectivity index (χ4v) is 8.80. The molecule has 40 heavy (non-hydrogen) atoms. The van der Waals surface area contributed by atoms with Gasteiger partial charge in [-0.2, -0.15) is 0 Å². The summed E-state index contributed by atoms with van der Waals surface area (Å²) in [4.78, 5) is 0. The molecule has 2 aromatic carbocycles. The van der Waals surface area contributed by atoms with Crippen LogP contribution in [0.3, 0.4) is 0 Å². The van der Waals surface area contributed by atoms with Crippen molar-refractivity contribution in [1.29, 1.82) is 0 Å². The van der Waals surface area contributed by atoms with E-state index in [-0.39, 0.29) is 0 Å². The highest BCUT2D eigenvalue weighted by atomic mass is 19.2. The Morgan fingerprint density at radius 1 is 0.700 bits per heavy atom. The largest absolute Gasteiger partial charge is 0.203 e. The number of hydrogen-bond acceptors (Lipinski definition) is 0. The smallest absolute Gasteiger partial charge is 0.166 e. The lowest BCUT2D eigenvalue weighted by Gasteiger charge is -2.41. The number of rotatable bonds is 9. The van der Waals surface area contributed by atoms with Gasteiger partial charge in [0.25, 0.3) is 0 Å². The maximum atomic E-state index is 15.6. The lowest BCUT2D eigenvalue weighted by molar-refractivity contribution is 0.108. The summed E-state index contributed by atoms with van der Waals surface area (Å²) in [5.74, 6) is 3.33. The molecule has 220 valence electrons. The molecule has 0 aliphatic heterocycles. The van der Waals surface area contributed by atoms with Crippen molar-refractivity contribution < 1.29 is 8.78 Å². The summed E-state index contributed by atoms with van der Waals surface area (Å²) in [6.45, 7) is 6.79. The topological polar surface area (TPSA) is 0 Å². The minimum Gasteiger partial charge on any atom is -0.203 e. The highest BCUT2D eigenvalue weighted by Crippen LogP contribution is 2.46. The Balaban J connectivity index is 1.41. The van der Waals surface area contributed by atoms with Crippen molar-refractivity contribution in [2.24, 2.45) is 29.6 Å². The Hall–Kier alpha value is -1.70. The van der Waals surface area contributed by atoms with E-state index in [0.29, 0.717) is 35.3 Å². The van der Waals surface area contributed by atoms with Gasteiger partial charge in [0.2, 0.25) is 0 Å². The maximum Gasteiger partial charge on any atom is 0.166 e. The molecule has 3 saturated carbocycles. The average molecular weight is 549 g/mol. The molecule has 0 heterocycles. The third-order valence-electron chi connectivity index (χ3n) is 11.3. The molecule has 0 radical (unpaired) electrons. The van der Waals surface area contributed by atoms with Crippen molar-refractivity contribution in [2.45, 2.75) is 136 Å². The van der Waals surface area contributed by atoms with E-state index < -0.39 is 11.6 Å². The van der Waals surface area contributed by atoms with Crippen LogP contribution in [0, 0.1) is 41.2 Å². The molecule has 0 amide bonds. The second kappa shape index (κ2) is 14.0. The number of hydrogen-bond donors (Lipinski definition) is 0. The molecule has 3 aliphatic rings. The molecule has 0 spiro atoms. The minimum atomic E-state index is -0.656. The standard InChI is InChI=1S/C38H54F2/c1-4-9-27-14-17-29(18-15-27)31-16-13-26(3)33(23-31)25-34-24-32(28-11-7-6-8-12-28)20-21-35(34)36-22-19-30(10-5-2)37(39)38(36)40/h19-22,24,26-29,31,33H,4-18,23,25H2,1-3H3. The quantitative estimate of drug-likeness (QED) is 0.292. The average Bonchev–Trinajstić information content (AvgIpc) is 2.98. The molecule has 3 unspecified atom stereocenters. The predicted molar refractivity (Wildman–Crippen MR) is 166 cm³/mol. The van der Waals surface area contributed by atoms with Crippen LogP contribution < -0.4 is 0 Å². The van der Waals surface area contributed by atoms with Gasteiger partial charge in [0.15, 0.2) is 11.6 Å². The van der Waals surface area contributed by atoms with E-state index in [1.807, 2.05) is 19.1 Å². The van der Waals surface area contributed by atoms with Crippen LogP contribution >= 0.6 is 0 Å². The molecule has 2 aromatic rings. The first-order valence-corrected chi connectivity index (χ1v) is 17.1. The van der Waals surface area contributed by atoms with Crippen LogP contribution in [0.2, 0.25) is 0 Å². The van der Waals surface area contributed by atoms with Crippen molar-refractivity contribution in [3.63, 3.8) is 0 Å². The summed E-state index contributed by atoms with van der Waals surface area (Å²) in [5, 5.41) is 0. The molecule has 3 fully saturated rings. The van der Waals surface area contributed by atoms with Gasteiger partial charge >= 0.3 is 0 Å². The lowest BCUT2D eigenvalue weighted by atomic mass is 9.64. The Bertz CT molecular complexity index is 1090. The maximum absolute atomic E-state index is 15.6. The predicted octanol–water partition coefficient (Wildman–Crippen LogP) is 11.8. The number of halogens is 2. The van der Waals surface area contributed by atoms with Gasteiger partial charge in [-0.15, -0.1) is 0 Å². The van der Waals surface area contributed by atoms with E-state index >= 15 is 8.78 Å². The number of aryl methyl sites for hydroxylation is 1. The van der Waals surface area contributed by atoms with Gasteiger partial charge in [-0.1, -0.05) is 109 Å². The van der Waals surface area contributed by atoms with Gasteiger partial charge in [0.1, 0.15) is 0 Å². The summed E-state index contributed by atoms with van der Waals surface area (Å²) < 4.78 is 30.7. The Labute approximate surface area is 243 Å². The first-order valence-electron chi connectivity index (χ1n) is 17.1. The van der Waals surface area contributed by atoms with Gasteiger partial charge in [-0.3, -0.25) is 0 Å². The first-order chi connectivity index (χ1) is 19.5. The van der Waals surface area contributed by atoms with E-state index in [1.165, 1.54) is 101 Å². The summed E-state index contributed by atoms with van der Waals surface area (Å²) in [5.41, 5.74) is 4.57. The van der Waals surface area contributed by atoms with Crippen molar-refractivity contribution >= 4 is 0 Å². The van der Waals surface area contributed by atoms with Crippen LogP contribution in [0.15, 0.2) is 30.3 Å². The van der Waals surface area contributed by atoms with Crippen LogP contribution in [-0.4, -0.2) is 0 Å². The molecular formula is C38H54F2. The molecule has 5 rings (SSSR count). The van der Waals surface area contributed by atoms with Crippen molar-refractivity contribution in [1.82, 2.24) is 0 Å². The zero-order chi connectivity index (χ0) is 28.1. The molecule has 0 nitrogen and oxygen atoms in total. The fourth-order valence-electron chi connectivity index (χ4n) is 8.80. The summed E-state index contributed by atoms with van der Waals surface area (Å²) >= 11 is 0. The van der Waals surface area contributed by atoms with Crippen molar-refractivity contribution in [2.75, 3.05) is 0 Å². The lowest BCUT2D eigenvalue weighted by Crippen LogP contribution is -2.31. The SMILES string of the molecule is CCCc1ccc(-c2ccc(C3CCCCC3)cc2CC2CC(C3CCC(CCC)CC3)CCC2C)c(F)c1F. The molecule has 0 saturated heterocycles. The van der Waals surface area contributed by atoms with Crippen LogP contribution in [0.5, 0.6) is 0 Å². The number of benzene rings is 2. The molecule has 0 bridgehead atoms. The first kappa shape index (κ1) is 29.8. The van der Waals surface area contributed by atoms with Gasteiger partial charge in [0.05, 0.1) is 0 Å². The third kappa shape index (κ3) is 6.84. The van der Waals surface area contributed by atoms with Crippen LogP contribution in [0.4, 0.5) is 8.78 Å². The molecule has 3 atom stereocenters. The van der Waals surface area contributed by atoms with E-state index in [4.69, 9.17) is 0 Å². The molecule has 3 aliphatic carbocycles. The van der Waals surface area contributed by atoms with E-state index in [9.17, 15) is 0 Å². The normalized spacial score (nSPS) is 28.1. The van der Waals surface area contributed by atoms with E-state index in [0.717, 1.165) is 36.2 Å². The zero-order valence-electron chi connectivity index (χ0n) is 25.6. The molecular weight excluding hydrogens is 494 g/mol. The minimum absolute atomic E-state index is 0.455. The van der Waals surface area contributed by atoms with Gasteiger partial charge in [-0.25, -0.2) is 8.78 Å². The van der Waals surface area contributed by atoms with Crippen molar-refractivity contribution in [3.8, 4) is 11.1 Å². The summed E-state index contributed by atoms with van der Waals surface area (Å²) in [6.07, 6.45) is 21.3. The zero-order valence-corrected chi connectivity index (χ0v) is 25.6. The molecule has 2 heteroatoms. The summed E-state index contributed by atoms with van der Waals surface area (Å²) in [7, 11) is 0. The van der Waals surface area contributed by atoms with Crippen LogP contribution in [-0.2, 0) is 12.8 Å². The van der Waals surface area contributed by atoms with Crippen molar-refractivity contribution in [3.05, 3.63) is 58.7 Å². The van der Waals surface area contributed by atoms with Gasteiger partial charge in [0, 0.05) is 5.56 Å². The fraction of sp³-hybridized carbons (Fsp3) is 0.684. The highest BCUT2D eigenvalue weighted by molar-refractivity contribution is 5.69. The third-order valence-corrected chi connectivity index (χ3v) is 11.3. The monoisotopic (exact) mass is 548 g/mol. The molecule has 0 aromatic heterocycles. The Morgan fingerprint density at radius 3 is 2.15 bits per heavy atom. The molecule has 0 N–H and O–H groups in total.